The third-order valence-electron chi connectivity index (χ3n) is 4.16. The van der Waals surface area contributed by atoms with Gasteiger partial charge in [0, 0.05) is 10.7 Å². The number of ether oxygens (including phenoxy) is 1. The molecule has 0 heterocycles. The summed E-state index contributed by atoms with van der Waals surface area (Å²) in [6, 6.07) is 19.3. The Labute approximate surface area is 185 Å². The highest BCUT2D eigenvalue weighted by atomic mass is 35.5. The fourth-order valence-electron chi connectivity index (χ4n) is 2.78. The molecule has 0 atom stereocenters. The third-order valence-corrected chi connectivity index (χ3v) is 6.64. The van der Waals surface area contributed by atoms with Gasteiger partial charge >= 0.3 is 0 Å². The molecule has 0 aliphatic rings. The highest BCUT2D eigenvalue weighted by Gasteiger charge is 2.31. The first-order valence-electron chi connectivity index (χ1n) is 8.78. The van der Waals surface area contributed by atoms with Crippen LogP contribution in [0.15, 0.2) is 77.7 Å². The van der Waals surface area contributed by atoms with Crippen LogP contribution < -0.4 is 14.4 Å². The highest BCUT2D eigenvalue weighted by Crippen LogP contribution is 2.35. The number of amides is 1. The van der Waals surface area contributed by atoms with E-state index in [1.807, 2.05) is 6.07 Å². The molecule has 1 amide bonds. The van der Waals surface area contributed by atoms with E-state index in [4.69, 9.17) is 27.9 Å². The Morgan fingerprint density at radius 1 is 1.00 bits per heavy atom. The maximum atomic E-state index is 13.5. The van der Waals surface area contributed by atoms with E-state index >= 15 is 0 Å². The minimum Gasteiger partial charge on any atom is -0.495 e. The Bertz CT molecular complexity index is 1150. The van der Waals surface area contributed by atoms with Gasteiger partial charge in [0.1, 0.15) is 17.2 Å². The van der Waals surface area contributed by atoms with Crippen LogP contribution in [0.25, 0.3) is 0 Å². The van der Waals surface area contributed by atoms with Crippen molar-refractivity contribution in [2.45, 2.75) is 4.90 Å². The number of carbonyl (C=O) groups excluding carboxylic acids is 1. The lowest BCUT2D eigenvalue weighted by molar-refractivity contribution is -0.114. The van der Waals surface area contributed by atoms with Crippen molar-refractivity contribution in [1.82, 2.24) is 0 Å². The summed E-state index contributed by atoms with van der Waals surface area (Å²) in [5.41, 5.74) is 0.736. The fourth-order valence-corrected chi connectivity index (χ4v) is 4.95. The van der Waals surface area contributed by atoms with Crippen molar-refractivity contribution >= 4 is 50.5 Å². The number of rotatable bonds is 7. The molecule has 0 radical (unpaired) electrons. The number of nitrogens with zero attached hydrogens (tertiary/aromatic N) is 1. The molecule has 0 bridgehead atoms. The van der Waals surface area contributed by atoms with Crippen LogP contribution in [0.5, 0.6) is 5.75 Å². The third kappa shape index (κ3) is 4.87. The van der Waals surface area contributed by atoms with E-state index in [2.05, 4.69) is 5.32 Å². The number of sulfonamides is 1. The first kappa shape index (κ1) is 22.0. The minimum atomic E-state index is -4.25. The number of carbonyl (C=O) groups is 1. The molecule has 0 saturated heterocycles. The number of halogens is 2. The lowest BCUT2D eigenvalue weighted by Gasteiger charge is -2.26. The van der Waals surface area contributed by atoms with Gasteiger partial charge < -0.3 is 10.1 Å². The molecule has 0 aliphatic carbocycles. The maximum absolute atomic E-state index is 13.5. The number of nitrogens with one attached hydrogen (secondary N) is 1. The van der Waals surface area contributed by atoms with Gasteiger partial charge in [0.15, 0.2) is 0 Å². The van der Waals surface area contributed by atoms with Crippen molar-refractivity contribution in [3.63, 3.8) is 0 Å². The quantitative estimate of drug-likeness (QED) is 0.542. The zero-order chi connectivity index (χ0) is 21.7. The zero-order valence-corrected chi connectivity index (χ0v) is 18.2. The summed E-state index contributed by atoms with van der Waals surface area (Å²) in [5.74, 6) is -0.249. The van der Waals surface area contributed by atoms with Crippen LogP contribution in [-0.2, 0) is 14.8 Å². The van der Waals surface area contributed by atoms with Crippen molar-refractivity contribution in [3.8, 4) is 5.75 Å². The van der Waals surface area contributed by atoms with Gasteiger partial charge in [-0.3, -0.25) is 9.10 Å². The summed E-state index contributed by atoms with van der Waals surface area (Å²) in [4.78, 5) is 12.5. The molecule has 1 N–H and O–H groups in total. The molecular weight excluding hydrogens is 447 g/mol. The molecule has 0 aromatic heterocycles. The van der Waals surface area contributed by atoms with Crippen molar-refractivity contribution in [2.75, 3.05) is 23.3 Å². The molecule has 6 nitrogen and oxygen atoms in total. The SMILES string of the molecule is COc1ccccc1N(CC(=O)Nc1ccccc1)S(=O)(=O)c1cc(Cl)ccc1Cl. The molecule has 0 saturated carbocycles. The molecule has 0 unspecified atom stereocenters. The lowest BCUT2D eigenvalue weighted by Crippen LogP contribution is -2.38. The smallest absolute Gasteiger partial charge is 0.266 e. The van der Waals surface area contributed by atoms with Crippen LogP contribution in [0.2, 0.25) is 10.0 Å². The average molecular weight is 465 g/mol. The van der Waals surface area contributed by atoms with Crippen LogP contribution in [0, 0.1) is 0 Å². The number of anilines is 2. The van der Waals surface area contributed by atoms with Crippen LogP contribution in [0.1, 0.15) is 0 Å². The standard InChI is InChI=1S/C21H18Cl2N2O4S/c1-29-19-10-6-5-9-18(19)25(14-21(26)24-16-7-3-2-4-8-16)30(27,28)20-13-15(22)11-12-17(20)23/h2-13H,14H2,1H3,(H,24,26). The van der Waals surface area contributed by atoms with Crippen LogP contribution in [-0.4, -0.2) is 28.0 Å². The first-order valence-corrected chi connectivity index (χ1v) is 11.0. The predicted molar refractivity (Wildman–Crippen MR) is 119 cm³/mol. The number of hydrogen-bond donors (Lipinski definition) is 1. The van der Waals surface area contributed by atoms with Gasteiger partial charge in [0.05, 0.1) is 17.8 Å². The normalized spacial score (nSPS) is 11.0. The largest absolute Gasteiger partial charge is 0.495 e. The van der Waals surface area contributed by atoms with Gasteiger partial charge in [0.25, 0.3) is 10.0 Å². The summed E-state index contributed by atoms with van der Waals surface area (Å²) in [6.45, 7) is -0.500. The molecule has 0 fully saturated rings. The lowest BCUT2D eigenvalue weighted by atomic mass is 10.3. The summed E-state index contributed by atoms with van der Waals surface area (Å²) < 4.78 is 33.3. The number of hydrogen-bond acceptors (Lipinski definition) is 4. The summed E-state index contributed by atoms with van der Waals surface area (Å²) in [7, 11) is -2.83. The molecule has 30 heavy (non-hydrogen) atoms. The second-order valence-corrected chi connectivity index (χ2v) is 8.85. The van der Waals surface area contributed by atoms with E-state index in [-0.39, 0.29) is 26.4 Å². The summed E-state index contributed by atoms with van der Waals surface area (Å²) in [6.07, 6.45) is 0. The van der Waals surface area contributed by atoms with Crippen molar-refractivity contribution in [3.05, 3.63) is 82.8 Å². The molecule has 156 valence electrons. The van der Waals surface area contributed by atoms with Gasteiger partial charge in [-0.1, -0.05) is 53.5 Å². The van der Waals surface area contributed by atoms with Gasteiger partial charge in [-0.15, -0.1) is 0 Å². The van der Waals surface area contributed by atoms with Crippen molar-refractivity contribution in [2.24, 2.45) is 0 Å². The Morgan fingerprint density at radius 2 is 1.67 bits per heavy atom. The molecule has 3 aromatic rings. The first-order chi connectivity index (χ1) is 14.3. The highest BCUT2D eigenvalue weighted by molar-refractivity contribution is 7.93. The van der Waals surface area contributed by atoms with Gasteiger partial charge in [0.2, 0.25) is 5.91 Å². The second kappa shape index (κ2) is 9.38. The van der Waals surface area contributed by atoms with E-state index in [0.29, 0.717) is 5.69 Å². The number of para-hydroxylation sites is 3. The Balaban J connectivity index is 2.05. The molecule has 3 rings (SSSR count). The van der Waals surface area contributed by atoms with Gasteiger partial charge in [-0.25, -0.2) is 8.42 Å². The second-order valence-electron chi connectivity index (χ2n) is 6.17. The van der Waals surface area contributed by atoms with Gasteiger partial charge in [-0.2, -0.15) is 0 Å². The average Bonchev–Trinajstić information content (AvgIpc) is 2.74. The minimum absolute atomic E-state index is 0.0113. The van der Waals surface area contributed by atoms with E-state index in [0.717, 1.165) is 4.31 Å². The fraction of sp³-hybridized carbons (Fsp3) is 0.0952. The van der Waals surface area contributed by atoms with E-state index < -0.39 is 22.5 Å². The maximum Gasteiger partial charge on any atom is 0.266 e. The monoisotopic (exact) mass is 464 g/mol. The molecule has 3 aromatic carbocycles. The predicted octanol–water partition coefficient (Wildman–Crippen LogP) is 4.84. The Morgan fingerprint density at radius 3 is 2.37 bits per heavy atom. The van der Waals surface area contributed by atoms with Crippen LogP contribution >= 0.6 is 23.2 Å². The topological polar surface area (TPSA) is 75.7 Å². The van der Waals surface area contributed by atoms with E-state index in [1.54, 1.807) is 48.5 Å². The van der Waals surface area contributed by atoms with Crippen molar-refractivity contribution < 1.29 is 17.9 Å². The van der Waals surface area contributed by atoms with Crippen LogP contribution in [0.4, 0.5) is 11.4 Å². The Kier molecular flexibility index (Phi) is 6.87. The molecule has 0 aliphatic heterocycles. The molecular formula is C21H18Cl2N2O4S. The van der Waals surface area contributed by atoms with Crippen LogP contribution in [0.3, 0.4) is 0 Å². The van der Waals surface area contributed by atoms with E-state index in [1.165, 1.54) is 25.3 Å². The van der Waals surface area contributed by atoms with E-state index in [9.17, 15) is 13.2 Å². The summed E-state index contributed by atoms with van der Waals surface area (Å²) >= 11 is 12.2. The molecule has 9 heteroatoms. The molecule has 0 spiro atoms. The Hall–Kier alpha value is -2.74. The number of methoxy groups -OCH3 is 1. The van der Waals surface area contributed by atoms with Crippen molar-refractivity contribution in [1.29, 1.82) is 0 Å². The van der Waals surface area contributed by atoms with Gasteiger partial charge in [-0.05, 0) is 42.5 Å². The number of benzene rings is 3. The zero-order valence-electron chi connectivity index (χ0n) is 15.9. The summed E-state index contributed by atoms with van der Waals surface area (Å²) in [5, 5.41) is 2.87.